The highest BCUT2D eigenvalue weighted by atomic mass is 32.1. The first kappa shape index (κ1) is 16.4. The molecule has 126 valence electrons. The average molecular weight is 345 g/mol. The minimum absolute atomic E-state index is 0.166. The van der Waals surface area contributed by atoms with Gasteiger partial charge in [0.2, 0.25) is 5.91 Å². The third-order valence-corrected chi connectivity index (χ3v) is 5.34. The summed E-state index contributed by atoms with van der Waals surface area (Å²) in [7, 11) is 1.61. The number of ether oxygens (including phenoxy) is 1. The van der Waals surface area contributed by atoms with Gasteiger partial charge in [-0.3, -0.25) is 9.59 Å². The molecule has 2 heterocycles. The van der Waals surface area contributed by atoms with Gasteiger partial charge >= 0.3 is 0 Å². The first-order valence-electron chi connectivity index (χ1n) is 7.73. The summed E-state index contributed by atoms with van der Waals surface area (Å²) in [5.74, 6) is 0.123. The van der Waals surface area contributed by atoms with Crippen molar-refractivity contribution in [2.75, 3.05) is 13.7 Å². The maximum absolute atomic E-state index is 12.8. The zero-order valence-electron chi connectivity index (χ0n) is 13.6. The fourth-order valence-corrected chi connectivity index (χ4v) is 3.93. The topological polar surface area (TPSA) is 85.5 Å². The van der Waals surface area contributed by atoms with Gasteiger partial charge in [-0.25, -0.2) is 4.98 Å². The number of hydrogen-bond acceptors (Lipinski definition) is 5. The zero-order valence-corrected chi connectivity index (χ0v) is 14.4. The number of benzene rings is 1. The van der Waals surface area contributed by atoms with Gasteiger partial charge < -0.3 is 15.4 Å². The molecular formula is C17H19N3O3S. The van der Waals surface area contributed by atoms with Crippen molar-refractivity contribution < 1.29 is 14.3 Å². The molecule has 1 unspecified atom stereocenters. The van der Waals surface area contributed by atoms with Crippen LogP contribution in [0.5, 0.6) is 5.75 Å². The molecule has 0 spiro atoms. The predicted octanol–water partition coefficient (Wildman–Crippen LogP) is 2.22. The molecule has 1 saturated heterocycles. The Bertz CT molecular complexity index is 787. The fraction of sp³-hybridized carbons (Fsp3) is 0.353. The molecule has 1 fully saturated rings. The SMILES string of the molecule is COc1cccc(-c2nc(C)c(C(=O)N3CCCC3C(N)=O)s2)c1. The number of aryl methyl sites for hydroxylation is 1. The molecule has 0 bridgehead atoms. The van der Waals surface area contributed by atoms with Crippen LogP contribution in [0.1, 0.15) is 28.2 Å². The highest BCUT2D eigenvalue weighted by Gasteiger charge is 2.34. The number of hydrogen-bond donors (Lipinski definition) is 1. The maximum Gasteiger partial charge on any atom is 0.266 e. The molecular weight excluding hydrogens is 326 g/mol. The first-order valence-corrected chi connectivity index (χ1v) is 8.55. The third kappa shape index (κ3) is 2.99. The number of carbonyl (C=O) groups excluding carboxylic acids is 2. The second-order valence-electron chi connectivity index (χ2n) is 5.72. The smallest absolute Gasteiger partial charge is 0.266 e. The van der Waals surface area contributed by atoms with Gasteiger partial charge in [0.1, 0.15) is 21.7 Å². The number of amides is 2. The van der Waals surface area contributed by atoms with Gasteiger partial charge in [-0.1, -0.05) is 12.1 Å². The van der Waals surface area contributed by atoms with Crippen LogP contribution in [-0.4, -0.2) is 41.4 Å². The van der Waals surface area contributed by atoms with Crippen LogP contribution in [0.15, 0.2) is 24.3 Å². The van der Waals surface area contributed by atoms with E-state index in [0.717, 1.165) is 22.7 Å². The van der Waals surface area contributed by atoms with E-state index >= 15 is 0 Å². The molecule has 1 aromatic heterocycles. The summed E-state index contributed by atoms with van der Waals surface area (Å²) >= 11 is 1.33. The van der Waals surface area contributed by atoms with Crippen LogP contribution in [0.3, 0.4) is 0 Å². The number of nitrogens with zero attached hydrogens (tertiary/aromatic N) is 2. The Morgan fingerprint density at radius 3 is 2.92 bits per heavy atom. The van der Waals surface area contributed by atoms with Crippen molar-refractivity contribution in [3.8, 4) is 16.3 Å². The molecule has 2 aromatic rings. The zero-order chi connectivity index (χ0) is 17.3. The number of thiazole rings is 1. The third-order valence-electron chi connectivity index (χ3n) is 4.15. The molecule has 1 aromatic carbocycles. The minimum atomic E-state index is -0.515. The lowest BCUT2D eigenvalue weighted by molar-refractivity contribution is -0.121. The van der Waals surface area contributed by atoms with Crippen LogP contribution in [0.2, 0.25) is 0 Å². The largest absolute Gasteiger partial charge is 0.497 e. The van der Waals surface area contributed by atoms with E-state index in [1.807, 2.05) is 31.2 Å². The highest BCUT2D eigenvalue weighted by Crippen LogP contribution is 2.32. The summed E-state index contributed by atoms with van der Waals surface area (Å²) < 4.78 is 5.23. The Morgan fingerprint density at radius 2 is 2.21 bits per heavy atom. The highest BCUT2D eigenvalue weighted by molar-refractivity contribution is 7.17. The van der Waals surface area contributed by atoms with Crippen molar-refractivity contribution in [1.82, 2.24) is 9.88 Å². The Balaban J connectivity index is 1.91. The number of carbonyl (C=O) groups is 2. The number of aromatic nitrogens is 1. The van der Waals surface area contributed by atoms with Crippen molar-refractivity contribution in [1.29, 1.82) is 0 Å². The van der Waals surface area contributed by atoms with Crippen molar-refractivity contribution in [2.24, 2.45) is 5.73 Å². The average Bonchev–Trinajstić information content (AvgIpc) is 3.21. The summed E-state index contributed by atoms with van der Waals surface area (Å²) in [5, 5.41) is 0.754. The summed E-state index contributed by atoms with van der Waals surface area (Å²) in [6.07, 6.45) is 1.42. The van der Waals surface area contributed by atoms with Crippen molar-refractivity contribution in [3.63, 3.8) is 0 Å². The van der Waals surface area contributed by atoms with E-state index in [9.17, 15) is 9.59 Å². The first-order chi connectivity index (χ1) is 11.5. The number of methoxy groups -OCH3 is 1. The van der Waals surface area contributed by atoms with E-state index in [2.05, 4.69) is 4.98 Å². The number of nitrogens with two attached hydrogens (primary N) is 1. The molecule has 7 heteroatoms. The van der Waals surface area contributed by atoms with E-state index in [1.54, 1.807) is 12.0 Å². The number of rotatable bonds is 4. The van der Waals surface area contributed by atoms with Crippen LogP contribution in [-0.2, 0) is 4.79 Å². The standard InChI is InChI=1S/C17H19N3O3S/c1-10-14(17(22)20-8-4-7-13(20)15(18)21)24-16(19-10)11-5-3-6-12(9-11)23-2/h3,5-6,9,13H,4,7-8H2,1-2H3,(H2,18,21). The van der Waals surface area contributed by atoms with Crippen molar-refractivity contribution in [3.05, 3.63) is 34.8 Å². The molecule has 0 radical (unpaired) electrons. The monoisotopic (exact) mass is 345 g/mol. The lowest BCUT2D eigenvalue weighted by atomic mass is 10.2. The molecule has 3 rings (SSSR count). The number of primary amides is 1. The van der Waals surface area contributed by atoms with E-state index in [0.29, 0.717) is 23.5 Å². The van der Waals surface area contributed by atoms with Crippen molar-refractivity contribution >= 4 is 23.2 Å². The van der Waals surface area contributed by atoms with E-state index in [4.69, 9.17) is 10.5 Å². The molecule has 2 amide bonds. The second kappa shape index (κ2) is 6.60. The van der Waals surface area contributed by atoms with Crippen molar-refractivity contribution in [2.45, 2.75) is 25.8 Å². The molecule has 1 aliphatic heterocycles. The molecule has 24 heavy (non-hydrogen) atoms. The number of likely N-dealkylation sites (tertiary alicyclic amines) is 1. The fourth-order valence-electron chi connectivity index (χ4n) is 2.91. The van der Waals surface area contributed by atoms with Gasteiger partial charge in [-0.05, 0) is 31.9 Å². The molecule has 0 aliphatic carbocycles. The molecule has 6 nitrogen and oxygen atoms in total. The van der Waals surface area contributed by atoms with Crippen LogP contribution in [0.25, 0.3) is 10.6 Å². The molecule has 2 N–H and O–H groups in total. The van der Waals surface area contributed by atoms with Crippen LogP contribution < -0.4 is 10.5 Å². The van der Waals surface area contributed by atoms with Gasteiger partial charge in [0.15, 0.2) is 0 Å². The summed E-state index contributed by atoms with van der Waals surface area (Å²) in [6.45, 7) is 2.36. The van der Waals surface area contributed by atoms with Gasteiger partial charge in [-0.2, -0.15) is 0 Å². The Labute approximate surface area is 144 Å². The maximum atomic E-state index is 12.8. The quantitative estimate of drug-likeness (QED) is 0.920. The van der Waals surface area contributed by atoms with Gasteiger partial charge in [-0.15, -0.1) is 11.3 Å². The molecule has 0 saturated carbocycles. The van der Waals surface area contributed by atoms with Gasteiger partial charge in [0.25, 0.3) is 5.91 Å². The summed E-state index contributed by atoms with van der Waals surface area (Å²) in [6, 6.07) is 7.04. The lowest BCUT2D eigenvalue weighted by Crippen LogP contribution is -2.43. The Morgan fingerprint density at radius 1 is 1.42 bits per heavy atom. The van der Waals surface area contributed by atoms with E-state index < -0.39 is 11.9 Å². The van der Waals surface area contributed by atoms with Gasteiger partial charge in [0, 0.05) is 12.1 Å². The van der Waals surface area contributed by atoms with E-state index in [-0.39, 0.29) is 5.91 Å². The van der Waals surface area contributed by atoms with Gasteiger partial charge in [0.05, 0.1) is 12.8 Å². The molecule has 1 aliphatic rings. The van der Waals surface area contributed by atoms with Crippen LogP contribution >= 0.6 is 11.3 Å². The minimum Gasteiger partial charge on any atom is -0.497 e. The Hall–Kier alpha value is -2.41. The van der Waals surface area contributed by atoms with Crippen LogP contribution in [0, 0.1) is 6.92 Å². The Kier molecular flexibility index (Phi) is 4.53. The van der Waals surface area contributed by atoms with E-state index in [1.165, 1.54) is 11.3 Å². The second-order valence-corrected chi connectivity index (χ2v) is 6.72. The normalized spacial score (nSPS) is 17.1. The lowest BCUT2D eigenvalue weighted by Gasteiger charge is -2.21. The predicted molar refractivity (Wildman–Crippen MR) is 92.1 cm³/mol. The van der Waals surface area contributed by atoms with Crippen LogP contribution in [0.4, 0.5) is 0 Å². The summed E-state index contributed by atoms with van der Waals surface area (Å²) in [5.41, 5.74) is 6.97. The molecule has 1 atom stereocenters. The summed E-state index contributed by atoms with van der Waals surface area (Å²) in [4.78, 5) is 31.0.